The van der Waals surface area contributed by atoms with Crippen LogP contribution in [-0.4, -0.2) is 57.9 Å². The minimum absolute atomic E-state index is 0.295. The zero-order chi connectivity index (χ0) is 14.8. The molecule has 1 atom stereocenters. The number of carboxylic acid groups (broad SMARTS) is 1. The molecule has 0 aliphatic carbocycles. The summed E-state index contributed by atoms with van der Waals surface area (Å²) in [5, 5.41) is 17.7. The maximum atomic E-state index is 11.3. The lowest BCUT2D eigenvalue weighted by Crippen LogP contribution is -2.49. The van der Waals surface area contributed by atoms with E-state index in [9.17, 15) is 9.90 Å². The Morgan fingerprint density at radius 1 is 1.19 bits per heavy atom. The van der Waals surface area contributed by atoms with Crippen molar-refractivity contribution in [3.8, 4) is 0 Å². The number of nitrogens with zero attached hydrogens (tertiary/aromatic N) is 4. The summed E-state index contributed by atoms with van der Waals surface area (Å²) in [5.41, 5.74) is 0. The molecule has 2 fully saturated rings. The van der Waals surface area contributed by atoms with Crippen LogP contribution in [0.15, 0.2) is 12.1 Å². The van der Waals surface area contributed by atoms with Crippen LogP contribution < -0.4 is 4.90 Å². The van der Waals surface area contributed by atoms with Crippen LogP contribution in [0.3, 0.4) is 0 Å². The number of carboxylic acids is 1. The number of aromatic nitrogens is 2. The molecule has 1 N–H and O–H groups in total. The van der Waals surface area contributed by atoms with Gasteiger partial charge in [0.25, 0.3) is 0 Å². The Morgan fingerprint density at radius 3 is 2.57 bits per heavy atom. The van der Waals surface area contributed by atoms with Crippen molar-refractivity contribution in [3.05, 3.63) is 17.3 Å². The Bertz CT molecular complexity index is 502. The molecule has 0 radical (unpaired) electrons. The van der Waals surface area contributed by atoms with E-state index in [0.29, 0.717) is 11.2 Å². The molecule has 0 spiro atoms. The smallest absolute Gasteiger partial charge is 0.320 e. The summed E-state index contributed by atoms with van der Waals surface area (Å²) >= 11 is 5.75. The van der Waals surface area contributed by atoms with Crippen molar-refractivity contribution in [2.45, 2.75) is 37.8 Å². The zero-order valence-corrected chi connectivity index (χ0v) is 12.5. The lowest BCUT2D eigenvalue weighted by atomic mass is 10.0. The minimum Gasteiger partial charge on any atom is -0.480 e. The largest absolute Gasteiger partial charge is 0.480 e. The summed E-state index contributed by atoms with van der Waals surface area (Å²) in [5.74, 6) is 0.160. The van der Waals surface area contributed by atoms with Crippen LogP contribution in [0.1, 0.15) is 25.7 Å². The van der Waals surface area contributed by atoms with Gasteiger partial charge in [-0.15, -0.1) is 10.2 Å². The van der Waals surface area contributed by atoms with Crippen molar-refractivity contribution < 1.29 is 9.90 Å². The fourth-order valence-electron chi connectivity index (χ4n) is 3.40. The quantitative estimate of drug-likeness (QED) is 0.915. The van der Waals surface area contributed by atoms with Crippen molar-refractivity contribution in [3.63, 3.8) is 0 Å². The molecule has 1 unspecified atom stereocenters. The minimum atomic E-state index is -0.682. The summed E-state index contributed by atoms with van der Waals surface area (Å²) in [6.07, 6.45) is 3.69. The molecule has 3 rings (SSSR count). The second-order valence-electron chi connectivity index (χ2n) is 5.67. The van der Waals surface area contributed by atoms with Gasteiger partial charge in [0, 0.05) is 19.1 Å². The van der Waals surface area contributed by atoms with E-state index in [1.165, 1.54) is 0 Å². The maximum Gasteiger partial charge on any atom is 0.320 e. The van der Waals surface area contributed by atoms with Crippen molar-refractivity contribution in [2.24, 2.45) is 0 Å². The molecule has 1 aromatic rings. The van der Waals surface area contributed by atoms with Crippen LogP contribution in [0.25, 0.3) is 0 Å². The fraction of sp³-hybridized carbons (Fsp3) is 0.643. The van der Waals surface area contributed by atoms with Gasteiger partial charge in [0.15, 0.2) is 11.0 Å². The molecule has 6 nitrogen and oxygen atoms in total. The fourth-order valence-corrected chi connectivity index (χ4v) is 3.50. The number of anilines is 1. The third-order valence-corrected chi connectivity index (χ3v) is 4.66. The van der Waals surface area contributed by atoms with Crippen molar-refractivity contribution >= 4 is 23.4 Å². The number of rotatable bonds is 3. The third-order valence-electron chi connectivity index (χ3n) is 4.45. The maximum absolute atomic E-state index is 11.3. The monoisotopic (exact) mass is 310 g/mol. The third kappa shape index (κ3) is 3.11. The van der Waals surface area contributed by atoms with Crippen molar-refractivity contribution in [2.75, 3.05) is 24.5 Å². The number of hydrogen-bond donors (Lipinski definition) is 1. The van der Waals surface area contributed by atoms with Crippen LogP contribution in [0.5, 0.6) is 0 Å². The number of hydrogen-bond acceptors (Lipinski definition) is 5. The van der Waals surface area contributed by atoms with Crippen molar-refractivity contribution in [1.29, 1.82) is 0 Å². The molecule has 21 heavy (non-hydrogen) atoms. The van der Waals surface area contributed by atoms with E-state index >= 15 is 0 Å². The van der Waals surface area contributed by atoms with E-state index in [1.54, 1.807) is 6.07 Å². The molecule has 0 aromatic carbocycles. The topological polar surface area (TPSA) is 69.6 Å². The van der Waals surface area contributed by atoms with Gasteiger partial charge in [-0.05, 0) is 44.4 Å². The van der Waals surface area contributed by atoms with Crippen LogP contribution in [0.2, 0.25) is 5.15 Å². The summed E-state index contributed by atoms with van der Waals surface area (Å²) in [6.45, 7) is 2.66. The SMILES string of the molecule is O=C(O)C1CCCN1C1CCN(c2ccc(Cl)nn2)CC1. The van der Waals surface area contributed by atoms with E-state index in [2.05, 4.69) is 20.0 Å². The predicted octanol–water partition coefficient (Wildman–Crippen LogP) is 1.65. The molecular weight excluding hydrogens is 292 g/mol. The van der Waals surface area contributed by atoms with Crippen LogP contribution in [0.4, 0.5) is 5.82 Å². The van der Waals surface area contributed by atoms with E-state index in [-0.39, 0.29) is 6.04 Å². The first-order chi connectivity index (χ1) is 10.1. The van der Waals surface area contributed by atoms with Crippen LogP contribution in [-0.2, 0) is 4.79 Å². The van der Waals surface area contributed by atoms with Crippen LogP contribution in [0, 0.1) is 0 Å². The second-order valence-corrected chi connectivity index (χ2v) is 6.05. The lowest BCUT2D eigenvalue weighted by molar-refractivity contribution is -0.143. The van der Waals surface area contributed by atoms with E-state index < -0.39 is 5.97 Å². The number of piperidine rings is 1. The van der Waals surface area contributed by atoms with E-state index in [1.807, 2.05) is 6.07 Å². The molecule has 7 heteroatoms. The first kappa shape index (κ1) is 14.5. The van der Waals surface area contributed by atoms with Gasteiger partial charge >= 0.3 is 5.97 Å². The van der Waals surface area contributed by atoms with Crippen molar-refractivity contribution in [1.82, 2.24) is 15.1 Å². The summed E-state index contributed by atoms with van der Waals surface area (Å²) in [7, 11) is 0. The number of aliphatic carboxylic acids is 1. The lowest BCUT2D eigenvalue weighted by Gasteiger charge is -2.38. The molecule has 2 aliphatic rings. The highest BCUT2D eigenvalue weighted by Crippen LogP contribution is 2.27. The molecule has 114 valence electrons. The Kier molecular flexibility index (Phi) is 4.26. The standard InChI is InChI=1S/C14H19ClN4O2/c15-12-3-4-13(17-16-12)18-8-5-10(6-9-18)19-7-1-2-11(19)14(20)21/h3-4,10-11H,1-2,5-9H2,(H,20,21). The summed E-state index contributed by atoms with van der Waals surface area (Å²) in [4.78, 5) is 15.6. The summed E-state index contributed by atoms with van der Waals surface area (Å²) in [6, 6.07) is 3.70. The molecular formula is C14H19ClN4O2. The molecule has 2 saturated heterocycles. The van der Waals surface area contributed by atoms with E-state index in [0.717, 1.165) is 51.1 Å². The first-order valence-corrected chi connectivity index (χ1v) is 7.75. The Morgan fingerprint density at radius 2 is 1.95 bits per heavy atom. The van der Waals surface area contributed by atoms with Gasteiger partial charge in [-0.25, -0.2) is 0 Å². The Balaban J connectivity index is 1.60. The van der Waals surface area contributed by atoms with Gasteiger partial charge < -0.3 is 10.0 Å². The van der Waals surface area contributed by atoms with Gasteiger partial charge in [-0.3, -0.25) is 9.69 Å². The second kappa shape index (κ2) is 6.15. The molecule has 2 aliphatic heterocycles. The number of halogens is 1. The highest BCUT2D eigenvalue weighted by molar-refractivity contribution is 6.29. The molecule has 0 amide bonds. The molecule has 0 bridgehead atoms. The Hall–Kier alpha value is -1.40. The predicted molar refractivity (Wildman–Crippen MR) is 79.6 cm³/mol. The number of carbonyl (C=O) groups is 1. The van der Waals surface area contributed by atoms with Gasteiger partial charge in [0.05, 0.1) is 0 Å². The van der Waals surface area contributed by atoms with Gasteiger partial charge in [0.2, 0.25) is 0 Å². The van der Waals surface area contributed by atoms with Gasteiger partial charge in [-0.2, -0.15) is 0 Å². The van der Waals surface area contributed by atoms with Crippen LogP contribution >= 0.6 is 11.6 Å². The normalized spacial score (nSPS) is 24.4. The number of likely N-dealkylation sites (tertiary alicyclic amines) is 1. The Labute approximate surface area is 128 Å². The average Bonchev–Trinajstić information content (AvgIpc) is 2.98. The van der Waals surface area contributed by atoms with E-state index in [4.69, 9.17) is 11.6 Å². The molecule has 0 saturated carbocycles. The zero-order valence-electron chi connectivity index (χ0n) is 11.8. The average molecular weight is 311 g/mol. The first-order valence-electron chi connectivity index (χ1n) is 7.38. The summed E-state index contributed by atoms with van der Waals surface area (Å²) < 4.78 is 0. The highest BCUT2D eigenvalue weighted by atomic mass is 35.5. The van der Waals surface area contributed by atoms with Gasteiger partial charge in [-0.1, -0.05) is 11.6 Å². The van der Waals surface area contributed by atoms with Gasteiger partial charge in [0.1, 0.15) is 6.04 Å². The molecule has 3 heterocycles. The highest BCUT2D eigenvalue weighted by Gasteiger charge is 2.36. The molecule has 1 aromatic heterocycles.